The second-order valence-corrected chi connectivity index (χ2v) is 8.35. The highest BCUT2D eigenvalue weighted by molar-refractivity contribution is 6.21. The van der Waals surface area contributed by atoms with Gasteiger partial charge >= 0.3 is 5.97 Å². The molecule has 2 N–H and O–H groups in total. The molecular formula is C27H24FNO5. The quantitative estimate of drug-likeness (QED) is 0.467. The van der Waals surface area contributed by atoms with Crippen LogP contribution in [0, 0.1) is 11.7 Å². The number of carbonyl (C=O) groups excluding carboxylic acids is 2. The molecule has 174 valence electrons. The van der Waals surface area contributed by atoms with Crippen molar-refractivity contribution in [3.63, 3.8) is 0 Å². The van der Waals surface area contributed by atoms with E-state index >= 15 is 0 Å². The fourth-order valence-electron chi connectivity index (χ4n) is 4.21. The van der Waals surface area contributed by atoms with Gasteiger partial charge in [-0.3, -0.25) is 19.3 Å². The molecule has 1 aliphatic heterocycles. The van der Waals surface area contributed by atoms with Gasteiger partial charge in [-0.1, -0.05) is 48.5 Å². The number of carbonyl (C=O) groups is 3. The first-order valence-electron chi connectivity index (χ1n) is 11.1. The van der Waals surface area contributed by atoms with Gasteiger partial charge in [0.2, 0.25) is 0 Å². The number of imide groups is 1. The van der Waals surface area contributed by atoms with Gasteiger partial charge in [-0.15, -0.1) is 0 Å². The number of hydrogen-bond donors (Lipinski definition) is 2. The molecule has 2 atom stereocenters. The molecule has 4 rings (SSSR count). The zero-order valence-corrected chi connectivity index (χ0v) is 18.4. The minimum atomic E-state index is -1.17. The third kappa shape index (κ3) is 4.89. The van der Waals surface area contributed by atoms with Crippen LogP contribution in [0.1, 0.15) is 39.1 Å². The molecule has 2 amide bonds. The van der Waals surface area contributed by atoms with E-state index in [9.17, 15) is 29.0 Å². The summed E-state index contributed by atoms with van der Waals surface area (Å²) in [5.41, 5.74) is 3.35. The Labute approximate surface area is 196 Å². The number of nitrogens with zero attached hydrogens (tertiary/aromatic N) is 1. The van der Waals surface area contributed by atoms with Crippen LogP contribution in [0.25, 0.3) is 11.1 Å². The van der Waals surface area contributed by atoms with E-state index in [0.29, 0.717) is 17.5 Å². The summed E-state index contributed by atoms with van der Waals surface area (Å²) in [6, 6.07) is 20.2. The Morgan fingerprint density at radius 1 is 0.824 bits per heavy atom. The highest BCUT2D eigenvalue weighted by Crippen LogP contribution is 2.25. The molecule has 3 aromatic rings. The van der Waals surface area contributed by atoms with E-state index < -0.39 is 29.8 Å². The smallest absolute Gasteiger partial charge is 0.309 e. The van der Waals surface area contributed by atoms with Gasteiger partial charge in [0.05, 0.1) is 23.1 Å². The summed E-state index contributed by atoms with van der Waals surface area (Å²) in [4.78, 5) is 37.8. The molecule has 0 aromatic heterocycles. The second-order valence-electron chi connectivity index (χ2n) is 8.35. The second kappa shape index (κ2) is 9.97. The predicted molar refractivity (Wildman–Crippen MR) is 124 cm³/mol. The van der Waals surface area contributed by atoms with Crippen LogP contribution in [0.4, 0.5) is 4.39 Å². The number of aliphatic carboxylic acids is 1. The van der Waals surface area contributed by atoms with Gasteiger partial charge in [-0.05, 0) is 60.2 Å². The maximum absolute atomic E-state index is 13.1. The summed E-state index contributed by atoms with van der Waals surface area (Å²) in [7, 11) is 0. The van der Waals surface area contributed by atoms with E-state index in [2.05, 4.69) is 0 Å². The van der Waals surface area contributed by atoms with E-state index in [1.165, 1.54) is 12.1 Å². The average Bonchev–Trinajstić information content (AvgIpc) is 3.08. The fraction of sp³-hybridized carbons (Fsp3) is 0.222. The lowest BCUT2D eigenvalue weighted by molar-refractivity contribution is -0.146. The third-order valence-corrected chi connectivity index (χ3v) is 6.18. The lowest BCUT2D eigenvalue weighted by Gasteiger charge is -2.22. The van der Waals surface area contributed by atoms with E-state index in [1.54, 1.807) is 36.4 Å². The van der Waals surface area contributed by atoms with Crippen molar-refractivity contribution in [3.8, 4) is 11.1 Å². The van der Waals surface area contributed by atoms with Crippen LogP contribution in [0.15, 0.2) is 72.8 Å². The number of carboxylic acid groups (broad SMARTS) is 1. The number of aliphatic hydroxyl groups excluding tert-OH is 1. The molecule has 0 radical (unpaired) electrons. The molecule has 34 heavy (non-hydrogen) atoms. The highest BCUT2D eigenvalue weighted by atomic mass is 19.1. The molecule has 3 aromatic carbocycles. The predicted octanol–water partition coefficient (Wildman–Crippen LogP) is 4.17. The van der Waals surface area contributed by atoms with Crippen molar-refractivity contribution in [1.29, 1.82) is 0 Å². The summed E-state index contributed by atoms with van der Waals surface area (Å²) < 4.78 is 13.1. The molecule has 0 saturated heterocycles. The number of hydrogen-bond acceptors (Lipinski definition) is 4. The first kappa shape index (κ1) is 23.3. The zero-order valence-electron chi connectivity index (χ0n) is 18.4. The molecule has 6 nitrogen and oxygen atoms in total. The Bertz CT molecular complexity index is 1170. The summed E-state index contributed by atoms with van der Waals surface area (Å²) in [5.74, 6) is -3.47. The molecule has 0 spiro atoms. The lowest BCUT2D eigenvalue weighted by atomic mass is 9.93. The molecule has 7 heteroatoms. The summed E-state index contributed by atoms with van der Waals surface area (Å²) in [6.07, 6.45) is -0.494. The molecule has 1 aliphatic rings. The minimum absolute atomic E-state index is 0.0362. The van der Waals surface area contributed by atoms with Gasteiger partial charge in [0.1, 0.15) is 5.82 Å². The van der Waals surface area contributed by atoms with Crippen molar-refractivity contribution < 1.29 is 29.0 Å². The number of fused-ring (bicyclic) bond motifs is 1. The normalized spacial score (nSPS) is 14.7. The zero-order chi connectivity index (χ0) is 24.2. The van der Waals surface area contributed by atoms with Crippen molar-refractivity contribution in [3.05, 3.63) is 95.3 Å². The van der Waals surface area contributed by atoms with Crippen LogP contribution in [0.2, 0.25) is 0 Å². The van der Waals surface area contributed by atoms with Crippen LogP contribution < -0.4 is 0 Å². The third-order valence-electron chi connectivity index (χ3n) is 6.18. The average molecular weight is 461 g/mol. The fourth-order valence-corrected chi connectivity index (χ4v) is 4.21. The van der Waals surface area contributed by atoms with Crippen LogP contribution in [0.5, 0.6) is 0 Å². The van der Waals surface area contributed by atoms with Crippen molar-refractivity contribution in [2.75, 3.05) is 6.54 Å². The SMILES string of the molecule is O=C(O)[C@H](CCN1C(=O)c2ccccc2C1=O)[C@H](O)CCc1ccc(-c2ccc(F)cc2)cc1. The molecule has 1 heterocycles. The number of carboxylic acids is 1. The Kier molecular flexibility index (Phi) is 6.84. The first-order valence-corrected chi connectivity index (χ1v) is 11.1. The topological polar surface area (TPSA) is 94.9 Å². The van der Waals surface area contributed by atoms with Crippen molar-refractivity contribution in [2.24, 2.45) is 5.92 Å². The van der Waals surface area contributed by atoms with Crippen molar-refractivity contribution >= 4 is 17.8 Å². The lowest BCUT2D eigenvalue weighted by Crippen LogP contribution is -2.36. The van der Waals surface area contributed by atoms with Gasteiger partial charge in [-0.25, -0.2) is 4.39 Å². The summed E-state index contributed by atoms with van der Waals surface area (Å²) >= 11 is 0. The van der Waals surface area contributed by atoms with E-state index in [1.807, 2.05) is 24.3 Å². The number of rotatable bonds is 9. The maximum atomic E-state index is 13.1. The van der Waals surface area contributed by atoms with Gasteiger partial charge < -0.3 is 10.2 Å². The van der Waals surface area contributed by atoms with E-state index in [4.69, 9.17) is 0 Å². The van der Waals surface area contributed by atoms with Gasteiger partial charge in [0.25, 0.3) is 11.8 Å². The van der Waals surface area contributed by atoms with Crippen molar-refractivity contribution in [1.82, 2.24) is 4.90 Å². The number of benzene rings is 3. The number of aryl methyl sites for hydroxylation is 1. The van der Waals surface area contributed by atoms with E-state index in [-0.39, 0.29) is 25.2 Å². The molecular weight excluding hydrogens is 437 g/mol. The van der Waals surface area contributed by atoms with Crippen LogP contribution in [-0.2, 0) is 11.2 Å². The van der Waals surface area contributed by atoms with Crippen LogP contribution in [-0.4, -0.2) is 45.5 Å². The van der Waals surface area contributed by atoms with Crippen LogP contribution in [0.3, 0.4) is 0 Å². The number of halogens is 1. The minimum Gasteiger partial charge on any atom is -0.481 e. The molecule has 0 fully saturated rings. The Hall–Kier alpha value is -3.84. The highest BCUT2D eigenvalue weighted by Gasteiger charge is 2.36. The molecule has 0 saturated carbocycles. The Balaban J connectivity index is 1.34. The first-order chi connectivity index (χ1) is 16.3. The largest absolute Gasteiger partial charge is 0.481 e. The molecule has 0 unspecified atom stereocenters. The summed E-state index contributed by atoms with van der Waals surface area (Å²) in [6.45, 7) is -0.0766. The summed E-state index contributed by atoms with van der Waals surface area (Å²) in [5, 5.41) is 20.2. The standard InChI is InChI=1S/C27H24FNO5/c28-20-12-10-19(11-13-20)18-8-5-17(6-9-18)7-14-24(30)23(27(33)34)15-16-29-25(31)21-3-1-2-4-22(21)26(29)32/h1-6,8-13,23-24,30H,7,14-16H2,(H,33,34)/t23-,24-/m1/s1. The van der Waals surface area contributed by atoms with Gasteiger partial charge in [0.15, 0.2) is 0 Å². The van der Waals surface area contributed by atoms with Crippen LogP contribution >= 0.6 is 0 Å². The van der Waals surface area contributed by atoms with Gasteiger partial charge in [0, 0.05) is 6.54 Å². The molecule has 0 bridgehead atoms. The Morgan fingerprint density at radius 3 is 1.88 bits per heavy atom. The van der Waals surface area contributed by atoms with E-state index in [0.717, 1.165) is 21.6 Å². The maximum Gasteiger partial charge on any atom is 0.309 e. The number of aliphatic hydroxyl groups is 1. The monoisotopic (exact) mass is 461 g/mol. The number of amides is 2. The Morgan fingerprint density at radius 2 is 1.35 bits per heavy atom. The van der Waals surface area contributed by atoms with Crippen molar-refractivity contribution in [2.45, 2.75) is 25.4 Å². The molecule has 0 aliphatic carbocycles. The van der Waals surface area contributed by atoms with Gasteiger partial charge in [-0.2, -0.15) is 0 Å².